The molecule has 2 saturated heterocycles. The Morgan fingerprint density at radius 2 is 2.00 bits per heavy atom. The Balaban J connectivity index is 1.54. The van der Waals surface area contributed by atoms with Crippen LogP contribution in [-0.2, 0) is 0 Å². The van der Waals surface area contributed by atoms with E-state index in [0.717, 1.165) is 36.0 Å². The van der Waals surface area contributed by atoms with Gasteiger partial charge in [-0.3, -0.25) is 5.10 Å². The predicted molar refractivity (Wildman–Crippen MR) is 150 cm³/mol. The molecule has 0 bridgehead atoms. The van der Waals surface area contributed by atoms with Crippen LogP contribution < -0.4 is 15.0 Å². The van der Waals surface area contributed by atoms with Gasteiger partial charge in [0.25, 0.3) is 5.92 Å². The first-order valence-electron chi connectivity index (χ1n) is 13.4. The number of H-pyrrole nitrogens is 1. The van der Waals surface area contributed by atoms with Crippen molar-refractivity contribution in [2.45, 2.75) is 38.7 Å². The second-order valence-electron chi connectivity index (χ2n) is 10.8. The predicted octanol–water partition coefficient (Wildman–Crippen LogP) is 5.10. The molecular weight excluding hydrogens is 543 g/mol. The zero-order chi connectivity index (χ0) is 28.2. The Morgan fingerprint density at radius 1 is 1.18 bits per heavy atom. The van der Waals surface area contributed by atoms with Crippen molar-refractivity contribution in [3.8, 4) is 17.1 Å². The smallest absolute Gasteiger partial charge is 0.319 e. The number of nitrogens with one attached hydrogen (secondary N) is 2. The molecule has 0 amide bonds. The number of rotatable bonds is 5. The Labute approximate surface area is 234 Å². The number of likely N-dealkylation sites (N-methyl/N-ethyl adjacent to an activating group) is 1. The lowest BCUT2D eigenvalue weighted by Gasteiger charge is -2.26. The van der Waals surface area contributed by atoms with E-state index in [-0.39, 0.29) is 45.9 Å². The second kappa shape index (κ2) is 10.4. The standard InChI is InChI=1S/C28H31ClF3N7O/c1-15-6-7-20-22(16(2)36-37-20)21(15)23-19(29)11-18-25(24(23)30)34-27(40-12-17-5-4-9-38(17)3)35-26(18)39-10-8-33-13-28(31,32)14-39/h6-7,11,17,33H,4-5,8-10,12-14H2,1-3H3,(H,36,37)/t17-/m0/s1. The molecule has 0 spiro atoms. The van der Waals surface area contributed by atoms with E-state index in [1.807, 2.05) is 33.0 Å². The van der Waals surface area contributed by atoms with E-state index in [0.29, 0.717) is 24.2 Å². The van der Waals surface area contributed by atoms with Crippen molar-refractivity contribution < 1.29 is 17.9 Å². The number of hydrogen-bond acceptors (Lipinski definition) is 7. The van der Waals surface area contributed by atoms with E-state index in [4.69, 9.17) is 16.3 Å². The number of ether oxygens (including phenoxy) is 1. The van der Waals surface area contributed by atoms with Crippen molar-refractivity contribution in [1.82, 2.24) is 30.4 Å². The average molecular weight is 574 g/mol. The minimum absolute atomic E-state index is 0.0303. The molecule has 0 radical (unpaired) electrons. The molecule has 2 fully saturated rings. The van der Waals surface area contributed by atoms with Crippen molar-refractivity contribution in [2.24, 2.45) is 0 Å². The van der Waals surface area contributed by atoms with Gasteiger partial charge in [0.2, 0.25) is 0 Å². The van der Waals surface area contributed by atoms with Crippen LogP contribution in [0.4, 0.5) is 19.0 Å². The number of aromatic amines is 1. The summed E-state index contributed by atoms with van der Waals surface area (Å²) in [6.07, 6.45) is 2.02. The summed E-state index contributed by atoms with van der Waals surface area (Å²) in [4.78, 5) is 12.7. The molecule has 212 valence electrons. The number of anilines is 1. The zero-order valence-electron chi connectivity index (χ0n) is 22.6. The fraction of sp³-hybridized carbons (Fsp3) is 0.464. The van der Waals surface area contributed by atoms with Gasteiger partial charge in [-0.25, -0.2) is 13.2 Å². The fourth-order valence-electron chi connectivity index (χ4n) is 5.83. The number of aryl methyl sites for hydroxylation is 2. The van der Waals surface area contributed by atoms with Crippen LogP contribution >= 0.6 is 11.6 Å². The van der Waals surface area contributed by atoms with Crippen molar-refractivity contribution in [2.75, 3.05) is 51.3 Å². The lowest BCUT2D eigenvalue weighted by molar-refractivity contribution is 0.0156. The van der Waals surface area contributed by atoms with Crippen LogP contribution in [0.2, 0.25) is 5.02 Å². The number of benzene rings is 2. The van der Waals surface area contributed by atoms with Crippen LogP contribution in [0.3, 0.4) is 0 Å². The molecule has 0 saturated carbocycles. The third kappa shape index (κ3) is 4.84. The SMILES string of the molecule is Cc1ccc2n[nH]c(C)c2c1-c1c(Cl)cc2c(N3CCNCC(F)(F)C3)nc(OC[C@@H]3CCCN3C)nc2c1F. The van der Waals surface area contributed by atoms with Crippen LogP contribution in [0.1, 0.15) is 24.1 Å². The second-order valence-corrected chi connectivity index (χ2v) is 11.2. The summed E-state index contributed by atoms with van der Waals surface area (Å²) in [5.41, 5.74) is 3.02. The molecule has 2 aromatic heterocycles. The molecular formula is C28H31ClF3N7O. The molecule has 2 aromatic carbocycles. The van der Waals surface area contributed by atoms with Gasteiger partial charge in [0.1, 0.15) is 17.9 Å². The van der Waals surface area contributed by atoms with Crippen LogP contribution in [0.15, 0.2) is 18.2 Å². The molecule has 2 aliphatic heterocycles. The minimum atomic E-state index is -3.00. The highest BCUT2D eigenvalue weighted by Gasteiger charge is 2.35. The van der Waals surface area contributed by atoms with Crippen LogP contribution in [-0.4, -0.2) is 83.4 Å². The molecule has 4 heterocycles. The van der Waals surface area contributed by atoms with E-state index in [2.05, 4.69) is 30.4 Å². The summed E-state index contributed by atoms with van der Waals surface area (Å²) in [5.74, 6) is -3.50. The topological polar surface area (TPSA) is 82.2 Å². The maximum atomic E-state index is 16.7. The van der Waals surface area contributed by atoms with E-state index in [9.17, 15) is 8.78 Å². The Kier molecular flexibility index (Phi) is 7.00. The molecule has 0 aliphatic carbocycles. The summed E-state index contributed by atoms with van der Waals surface area (Å²) in [6.45, 7) is 4.56. The van der Waals surface area contributed by atoms with Crippen LogP contribution in [0, 0.1) is 19.7 Å². The van der Waals surface area contributed by atoms with Crippen molar-refractivity contribution in [3.63, 3.8) is 0 Å². The zero-order valence-corrected chi connectivity index (χ0v) is 23.4. The lowest BCUT2D eigenvalue weighted by atomic mass is 9.94. The summed E-state index contributed by atoms with van der Waals surface area (Å²) < 4.78 is 52.0. The highest BCUT2D eigenvalue weighted by Crippen LogP contribution is 2.43. The number of hydrogen-bond donors (Lipinski definition) is 2. The van der Waals surface area contributed by atoms with Gasteiger partial charge in [-0.05, 0) is 58.0 Å². The third-order valence-electron chi connectivity index (χ3n) is 7.94. The summed E-state index contributed by atoms with van der Waals surface area (Å²) in [6, 6.07) is 5.42. The number of fused-ring (bicyclic) bond motifs is 2. The van der Waals surface area contributed by atoms with Gasteiger partial charge in [0, 0.05) is 46.7 Å². The molecule has 2 N–H and O–H groups in total. The first-order valence-corrected chi connectivity index (χ1v) is 13.8. The molecule has 40 heavy (non-hydrogen) atoms. The quantitative estimate of drug-likeness (QED) is 0.344. The van der Waals surface area contributed by atoms with E-state index in [1.165, 1.54) is 4.90 Å². The molecule has 4 aromatic rings. The normalized spacial score (nSPS) is 20.0. The van der Waals surface area contributed by atoms with Crippen molar-refractivity contribution >= 4 is 39.2 Å². The number of aromatic nitrogens is 4. The Morgan fingerprint density at radius 3 is 2.77 bits per heavy atom. The molecule has 0 unspecified atom stereocenters. The summed E-state index contributed by atoms with van der Waals surface area (Å²) in [7, 11) is 2.02. The van der Waals surface area contributed by atoms with Gasteiger partial charge in [0.05, 0.1) is 23.6 Å². The fourth-order valence-corrected chi connectivity index (χ4v) is 6.11. The minimum Gasteiger partial charge on any atom is -0.462 e. The van der Waals surface area contributed by atoms with Crippen molar-refractivity contribution in [1.29, 1.82) is 0 Å². The Hall–Kier alpha value is -3.15. The van der Waals surface area contributed by atoms with Crippen LogP contribution in [0.5, 0.6) is 6.01 Å². The summed E-state index contributed by atoms with van der Waals surface area (Å²) in [5, 5.41) is 11.2. The number of likely N-dealkylation sites (tertiary alicyclic amines) is 1. The van der Waals surface area contributed by atoms with Gasteiger partial charge >= 0.3 is 6.01 Å². The van der Waals surface area contributed by atoms with E-state index < -0.39 is 24.8 Å². The number of halogens is 4. The monoisotopic (exact) mass is 573 g/mol. The highest BCUT2D eigenvalue weighted by molar-refractivity contribution is 6.35. The maximum absolute atomic E-state index is 16.7. The number of alkyl halides is 2. The van der Waals surface area contributed by atoms with E-state index >= 15 is 4.39 Å². The van der Waals surface area contributed by atoms with Crippen LogP contribution in [0.25, 0.3) is 32.9 Å². The van der Waals surface area contributed by atoms with Gasteiger partial charge < -0.3 is 19.9 Å². The molecule has 1 atom stereocenters. The lowest BCUT2D eigenvalue weighted by Crippen LogP contribution is -2.39. The molecule has 8 nitrogen and oxygen atoms in total. The van der Waals surface area contributed by atoms with E-state index in [1.54, 1.807) is 6.07 Å². The van der Waals surface area contributed by atoms with Crippen molar-refractivity contribution in [3.05, 3.63) is 40.3 Å². The highest BCUT2D eigenvalue weighted by atomic mass is 35.5. The van der Waals surface area contributed by atoms with Gasteiger partial charge in [-0.2, -0.15) is 15.1 Å². The first kappa shape index (κ1) is 27.0. The Bertz CT molecular complexity index is 1590. The number of nitrogens with zero attached hydrogens (tertiary/aromatic N) is 5. The van der Waals surface area contributed by atoms with Gasteiger partial charge in [-0.1, -0.05) is 17.7 Å². The molecule has 6 rings (SSSR count). The van der Waals surface area contributed by atoms with Gasteiger partial charge in [-0.15, -0.1) is 0 Å². The molecule has 12 heteroatoms. The third-order valence-corrected chi connectivity index (χ3v) is 8.24. The first-order chi connectivity index (χ1) is 19.1. The average Bonchev–Trinajstić information content (AvgIpc) is 3.44. The maximum Gasteiger partial charge on any atom is 0.319 e. The largest absolute Gasteiger partial charge is 0.462 e. The summed E-state index contributed by atoms with van der Waals surface area (Å²) >= 11 is 6.80. The van der Waals surface area contributed by atoms with Gasteiger partial charge in [0.15, 0.2) is 5.82 Å². The molecule has 2 aliphatic rings.